The molecule has 9 atom stereocenters. The van der Waals surface area contributed by atoms with E-state index in [-0.39, 0.29) is 43.2 Å². The summed E-state index contributed by atoms with van der Waals surface area (Å²) < 4.78 is 38.6. The molecule has 1 heterocycles. The van der Waals surface area contributed by atoms with Crippen LogP contribution in [0.15, 0.2) is 54.1 Å². The molecule has 1 aliphatic heterocycles. The van der Waals surface area contributed by atoms with Gasteiger partial charge in [0.1, 0.15) is 6.17 Å². The Morgan fingerprint density at radius 1 is 1.12 bits per heavy atom. The van der Waals surface area contributed by atoms with Crippen molar-refractivity contribution in [3.05, 3.63) is 59.7 Å². The zero-order valence-electron chi connectivity index (χ0n) is 23.4. The highest BCUT2D eigenvalue weighted by Crippen LogP contribution is 2.74. The third-order valence-electron chi connectivity index (χ3n) is 11.4. The first-order valence-electron chi connectivity index (χ1n) is 14.3. The lowest BCUT2D eigenvalue weighted by atomic mass is 9.43. The van der Waals surface area contributed by atoms with Gasteiger partial charge in [0.15, 0.2) is 23.8 Å². The number of carbonyl (C=O) groups is 4. The van der Waals surface area contributed by atoms with Gasteiger partial charge in [-0.2, -0.15) is 0 Å². The van der Waals surface area contributed by atoms with Crippen LogP contribution in [0.3, 0.4) is 0 Å². The number of aliphatic hydroxyl groups excluding tert-OH is 1. The summed E-state index contributed by atoms with van der Waals surface area (Å²) in [6, 6.07) is 8.73. The second-order valence-electron chi connectivity index (χ2n) is 13.0. The summed E-state index contributed by atoms with van der Waals surface area (Å²) in [5, 5.41) is 11.7. The van der Waals surface area contributed by atoms with Crippen molar-refractivity contribution in [1.82, 2.24) is 4.90 Å². The van der Waals surface area contributed by atoms with Crippen LogP contribution < -0.4 is 0 Å². The molecule has 3 saturated carbocycles. The quantitative estimate of drug-likeness (QED) is 0.556. The van der Waals surface area contributed by atoms with Crippen molar-refractivity contribution in [1.29, 1.82) is 0 Å². The molecule has 6 rings (SSSR count). The Bertz CT molecular complexity index is 1390. The molecule has 1 N–H and O–H groups in total. The summed E-state index contributed by atoms with van der Waals surface area (Å²) >= 11 is 0. The number of hydrogen-bond donors (Lipinski definition) is 1. The number of benzene rings is 1. The zero-order valence-corrected chi connectivity index (χ0v) is 23.4. The lowest BCUT2D eigenvalue weighted by Crippen LogP contribution is -2.69. The molecule has 0 unspecified atom stereocenters. The number of nitrogens with zero attached hydrogens (tertiary/aromatic N) is 1. The van der Waals surface area contributed by atoms with E-state index in [1.165, 1.54) is 19.1 Å². The maximum atomic E-state index is 17.6. The van der Waals surface area contributed by atoms with Crippen molar-refractivity contribution in [2.45, 2.75) is 58.0 Å². The van der Waals surface area contributed by atoms with Gasteiger partial charge in [0, 0.05) is 36.9 Å². The molecule has 0 radical (unpaired) electrons. The number of carbonyl (C=O) groups excluding carboxylic acids is 4. The number of aliphatic hydroxyl groups is 1. The van der Waals surface area contributed by atoms with Crippen LogP contribution in [0.1, 0.15) is 50.4 Å². The van der Waals surface area contributed by atoms with E-state index in [0.717, 1.165) is 6.08 Å². The number of alkyl halides is 2. The molecule has 218 valence electrons. The van der Waals surface area contributed by atoms with Crippen molar-refractivity contribution in [2.24, 2.45) is 34.0 Å². The minimum Gasteiger partial charge on any atom is -0.458 e. The Morgan fingerprint density at radius 2 is 1.83 bits per heavy atom. The Hall–Kier alpha value is -3.20. The fraction of sp³-hybridized carbons (Fsp3) is 0.562. The van der Waals surface area contributed by atoms with Gasteiger partial charge in [-0.3, -0.25) is 19.2 Å². The summed E-state index contributed by atoms with van der Waals surface area (Å²) in [5.74, 6) is -3.46. The topological polar surface area (TPSA) is 101 Å². The van der Waals surface area contributed by atoms with Gasteiger partial charge in [-0.05, 0) is 73.3 Å². The SMILES string of the molecule is CC(=O)OCC(=O)[C@@]12CN(C(=O)c3ccccc3)C[C@@H]1C[C@H]1[C@@H]3C[C@H](F)C4=CC(=O)C=C[C@]4(C)[C@@]3(F)[C@@H](O)C[C@@]12C. The summed E-state index contributed by atoms with van der Waals surface area (Å²) in [6.45, 7) is 4.38. The molecule has 1 amide bonds. The van der Waals surface area contributed by atoms with Crippen molar-refractivity contribution in [3.63, 3.8) is 0 Å². The average molecular weight is 568 g/mol. The molecular weight excluding hydrogens is 532 g/mol. The predicted octanol–water partition coefficient (Wildman–Crippen LogP) is 3.81. The molecule has 41 heavy (non-hydrogen) atoms. The van der Waals surface area contributed by atoms with Crippen molar-refractivity contribution in [2.75, 3.05) is 19.7 Å². The second-order valence-corrected chi connectivity index (χ2v) is 13.0. The zero-order chi connectivity index (χ0) is 29.5. The molecular formula is C32H35F2NO6. The van der Waals surface area contributed by atoms with Gasteiger partial charge in [0.05, 0.1) is 11.5 Å². The lowest BCUT2D eigenvalue weighted by molar-refractivity contribution is -0.212. The van der Waals surface area contributed by atoms with Gasteiger partial charge in [0.25, 0.3) is 5.91 Å². The van der Waals surface area contributed by atoms with Gasteiger partial charge in [-0.15, -0.1) is 0 Å². The highest BCUT2D eigenvalue weighted by molar-refractivity contribution is 6.01. The van der Waals surface area contributed by atoms with E-state index in [1.54, 1.807) is 42.2 Å². The molecule has 1 saturated heterocycles. The summed E-state index contributed by atoms with van der Waals surface area (Å²) in [5.41, 5.74) is -5.49. The monoisotopic (exact) mass is 567 g/mol. The summed E-state index contributed by atoms with van der Waals surface area (Å²) in [7, 11) is 0. The summed E-state index contributed by atoms with van der Waals surface area (Å²) in [4.78, 5) is 53.1. The number of halogens is 2. The maximum Gasteiger partial charge on any atom is 0.303 e. The molecule has 5 aliphatic rings. The van der Waals surface area contributed by atoms with Crippen molar-refractivity contribution >= 4 is 23.4 Å². The molecule has 1 aromatic rings. The number of likely N-dealkylation sites (tertiary alicyclic amines) is 1. The average Bonchev–Trinajstić information content (AvgIpc) is 3.43. The van der Waals surface area contributed by atoms with Gasteiger partial charge >= 0.3 is 5.97 Å². The van der Waals surface area contributed by atoms with Gasteiger partial charge in [-0.1, -0.05) is 31.2 Å². The Balaban J connectivity index is 1.43. The van der Waals surface area contributed by atoms with Crippen LogP contribution in [0.5, 0.6) is 0 Å². The Labute approximate surface area is 237 Å². The molecule has 4 aliphatic carbocycles. The molecule has 7 nitrogen and oxygen atoms in total. The fourth-order valence-corrected chi connectivity index (χ4v) is 9.49. The van der Waals surface area contributed by atoms with E-state index in [0.29, 0.717) is 12.0 Å². The number of ether oxygens (including phenoxy) is 1. The molecule has 0 spiro atoms. The minimum atomic E-state index is -2.26. The molecule has 0 aromatic heterocycles. The van der Waals surface area contributed by atoms with Gasteiger partial charge < -0.3 is 14.7 Å². The smallest absolute Gasteiger partial charge is 0.303 e. The number of esters is 1. The van der Waals surface area contributed by atoms with Crippen LogP contribution in [-0.4, -0.2) is 71.1 Å². The molecule has 1 aromatic carbocycles. The summed E-state index contributed by atoms with van der Waals surface area (Å²) in [6.07, 6.45) is 0.683. The van der Waals surface area contributed by atoms with Crippen LogP contribution in [-0.2, 0) is 19.1 Å². The maximum absolute atomic E-state index is 17.6. The standard InChI is InChI=1S/C32H35F2NO6/c1-18(36)41-16-27(39)31-17-35(28(40)19-7-5-4-6-8-19)15-20(31)11-22-23-13-25(33)24-12-21(37)9-10-29(24,2)32(23,34)26(38)14-30(22,31)3/h4-10,12,20,22-23,25-26,38H,11,13-17H2,1-3H3/t20-,22-,23-,25-,26-,29-,30-,31+,32-/m0/s1. The molecule has 9 heteroatoms. The Morgan fingerprint density at radius 3 is 2.51 bits per heavy atom. The third-order valence-corrected chi connectivity index (χ3v) is 11.4. The lowest BCUT2D eigenvalue weighted by Gasteiger charge is -2.63. The highest BCUT2D eigenvalue weighted by Gasteiger charge is 2.78. The van der Waals surface area contributed by atoms with Crippen LogP contribution in [0, 0.1) is 34.0 Å². The third kappa shape index (κ3) is 3.57. The van der Waals surface area contributed by atoms with E-state index >= 15 is 8.78 Å². The number of fused-ring (bicyclic) bond motifs is 7. The van der Waals surface area contributed by atoms with Crippen LogP contribution >= 0.6 is 0 Å². The molecule has 4 fully saturated rings. The number of rotatable bonds is 4. The highest BCUT2D eigenvalue weighted by atomic mass is 19.1. The van der Waals surface area contributed by atoms with Crippen molar-refractivity contribution in [3.8, 4) is 0 Å². The van der Waals surface area contributed by atoms with E-state index < -0.39 is 70.3 Å². The van der Waals surface area contributed by atoms with Gasteiger partial charge in [0.2, 0.25) is 0 Å². The predicted molar refractivity (Wildman–Crippen MR) is 144 cm³/mol. The number of amides is 1. The fourth-order valence-electron chi connectivity index (χ4n) is 9.49. The number of allylic oxidation sites excluding steroid dienone is 4. The number of ketones is 2. The van der Waals surface area contributed by atoms with Crippen LogP contribution in [0.2, 0.25) is 0 Å². The first kappa shape index (κ1) is 27.9. The Kier molecular flexibility index (Phi) is 6.24. The largest absolute Gasteiger partial charge is 0.458 e. The van der Waals surface area contributed by atoms with E-state index in [2.05, 4.69) is 0 Å². The van der Waals surface area contributed by atoms with E-state index in [1.807, 2.05) is 6.92 Å². The van der Waals surface area contributed by atoms with E-state index in [4.69, 9.17) is 4.74 Å². The number of hydrogen-bond acceptors (Lipinski definition) is 6. The van der Waals surface area contributed by atoms with E-state index in [9.17, 15) is 24.3 Å². The number of Topliss-reactive ketones (excluding diaryl/α,β-unsaturated/α-hetero) is 1. The first-order valence-corrected chi connectivity index (χ1v) is 14.3. The second kappa shape index (κ2) is 9.15. The van der Waals surface area contributed by atoms with Gasteiger partial charge in [-0.25, -0.2) is 8.78 Å². The van der Waals surface area contributed by atoms with Crippen LogP contribution in [0.25, 0.3) is 0 Å². The first-order chi connectivity index (χ1) is 19.3. The molecule has 0 bridgehead atoms. The normalized spacial score (nSPS) is 42.5. The van der Waals surface area contributed by atoms with Crippen molar-refractivity contribution < 1.29 is 37.8 Å². The van der Waals surface area contributed by atoms with Crippen LogP contribution in [0.4, 0.5) is 8.78 Å². The minimum absolute atomic E-state index is 0.0348.